The third kappa shape index (κ3) is 5.03. The van der Waals surface area contributed by atoms with Crippen LogP contribution in [0.2, 0.25) is 0 Å². The predicted molar refractivity (Wildman–Crippen MR) is 103 cm³/mol. The average molecular weight is 428 g/mol. The summed E-state index contributed by atoms with van der Waals surface area (Å²) in [4.78, 5) is 9.90. The monoisotopic (exact) mass is 428 g/mol. The van der Waals surface area contributed by atoms with E-state index in [9.17, 15) is 23.1 Å². The molecule has 152 valence electrons. The number of hydrogen-bond donors (Lipinski definition) is 1. The van der Waals surface area contributed by atoms with Crippen LogP contribution >= 0.6 is 7.60 Å². The Kier molecular flexibility index (Phi) is 7.45. The summed E-state index contributed by atoms with van der Waals surface area (Å²) in [5.74, 6) is -1.38. The van der Waals surface area contributed by atoms with Gasteiger partial charge in [-0.05, 0) is 25.5 Å². The van der Waals surface area contributed by atoms with Gasteiger partial charge in [0.15, 0.2) is 4.90 Å². The molecule has 0 saturated heterocycles. The maximum absolute atomic E-state index is 13.3. The van der Waals surface area contributed by atoms with Gasteiger partial charge in [0.2, 0.25) is 10.0 Å². The third-order valence-corrected chi connectivity index (χ3v) is 7.61. The first kappa shape index (κ1) is 22.2. The van der Waals surface area contributed by atoms with E-state index in [-0.39, 0.29) is 13.2 Å². The summed E-state index contributed by atoms with van der Waals surface area (Å²) in [7, 11) is -8.39. The van der Waals surface area contributed by atoms with Crippen LogP contribution in [0.4, 0.5) is 5.69 Å². The van der Waals surface area contributed by atoms with Gasteiger partial charge in [-0.2, -0.15) is 4.72 Å². The number of nitro benzene ring substituents is 1. The smallest absolute Gasteiger partial charge is 0.308 e. The van der Waals surface area contributed by atoms with Gasteiger partial charge in [-0.3, -0.25) is 14.7 Å². The van der Waals surface area contributed by atoms with Crippen molar-refractivity contribution in [3.63, 3.8) is 0 Å². The van der Waals surface area contributed by atoms with Gasteiger partial charge in [-0.1, -0.05) is 42.5 Å². The van der Waals surface area contributed by atoms with E-state index in [2.05, 4.69) is 4.72 Å². The minimum atomic E-state index is -4.43. The van der Waals surface area contributed by atoms with Crippen LogP contribution in [0.3, 0.4) is 0 Å². The van der Waals surface area contributed by atoms with E-state index in [0.29, 0.717) is 5.56 Å². The summed E-state index contributed by atoms with van der Waals surface area (Å²) in [6.45, 7) is 3.25. The second kappa shape index (κ2) is 9.40. The zero-order valence-corrected chi connectivity index (χ0v) is 17.1. The highest BCUT2D eigenvalue weighted by Gasteiger charge is 2.41. The second-order valence-electron chi connectivity index (χ2n) is 5.53. The van der Waals surface area contributed by atoms with Crippen molar-refractivity contribution < 1.29 is 27.0 Å². The minimum absolute atomic E-state index is 0.0217. The van der Waals surface area contributed by atoms with Gasteiger partial charge < -0.3 is 9.05 Å². The molecule has 11 heteroatoms. The van der Waals surface area contributed by atoms with Crippen LogP contribution in [0.15, 0.2) is 59.5 Å². The molecule has 2 aromatic rings. The number of nitro groups is 1. The molecule has 2 rings (SSSR count). The summed E-state index contributed by atoms with van der Waals surface area (Å²) in [6.07, 6.45) is 0. The molecule has 9 nitrogen and oxygen atoms in total. The van der Waals surface area contributed by atoms with E-state index in [1.807, 2.05) is 0 Å². The summed E-state index contributed by atoms with van der Waals surface area (Å²) in [5, 5.41) is 11.2. The first-order chi connectivity index (χ1) is 13.2. The zero-order valence-electron chi connectivity index (χ0n) is 15.3. The van der Waals surface area contributed by atoms with E-state index in [0.717, 1.165) is 12.1 Å². The number of para-hydroxylation sites is 1. The lowest BCUT2D eigenvalue weighted by Crippen LogP contribution is -2.30. The summed E-state index contributed by atoms with van der Waals surface area (Å²) >= 11 is 0. The van der Waals surface area contributed by atoms with Gasteiger partial charge in [0.05, 0.1) is 18.1 Å². The highest BCUT2D eigenvalue weighted by atomic mass is 32.2. The molecule has 0 aliphatic heterocycles. The van der Waals surface area contributed by atoms with E-state index in [1.54, 1.807) is 44.2 Å². The van der Waals surface area contributed by atoms with Crippen molar-refractivity contribution in [2.24, 2.45) is 0 Å². The van der Waals surface area contributed by atoms with Crippen LogP contribution in [0.1, 0.15) is 25.2 Å². The number of nitrogens with zero attached hydrogens (tertiary/aromatic N) is 1. The van der Waals surface area contributed by atoms with Crippen LogP contribution in [-0.4, -0.2) is 26.6 Å². The van der Waals surface area contributed by atoms with Crippen LogP contribution in [0, 0.1) is 10.1 Å². The van der Waals surface area contributed by atoms with Crippen molar-refractivity contribution in [2.75, 3.05) is 13.2 Å². The second-order valence-corrected chi connectivity index (χ2v) is 9.33. The van der Waals surface area contributed by atoms with Gasteiger partial charge in [0.25, 0.3) is 5.69 Å². The predicted octanol–water partition coefficient (Wildman–Crippen LogP) is 3.84. The molecule has 0 heterocycles. The molecule has 28 heavy (non-hydrogen) atoms. The Morgan fingerprint density at radius 1 is 1.04 bits per heavy atom. The van der Waals surface area contributed by atoms with Gasteiger partial charge in [0, 0.05) is 6.07 Å². The van der Waals surface area contributed by atoms with Crippen LogP contribution in [0.25, 0.3) is 0 Å². The highest BCUT2D eigenvalue weighted by Crippen LogP contribution is 2.60. The van der Waals surface area contributed by atoms with Crippen LogP contribution in [-0.2, 0) is 23.6 Å². The number of nitrogens with one attached hydrogen (secondary N) is 1. The Morgan fingerprint density at radius 3 is 2.11 bits per heavy atom. The average Bonchev–Trinajstić information content (AvgIpc) is 2.67. The summed E-state index contributed by atoms with van der Waals surface area (Å²) in [5.41, 5.74) is -0.251. The molecule has 0 aliphatic carbocycles. The standard InChI is InChI=1S/C17H21N2O7PS/c1-3-25-27(22,26-4-2)17(14-10-6-5-7-11-14)18-28(23,24)16-13-9-8-12-15(16)19(20)21/h5-13,17-18H,3-4H2,1-2H3. The highest BCUT2D eigenvalue weighted by molar-refractivity contribution is 7.90. The van der Waals surface area contributed by atoms with E-state index < -0.39 is 38.9 Å². The Balaban J connectivity index is 2.57. The normalized spacial score (nSPS) is 13.2. The van der Waals surface area contributed by atoms with Crippen molar-refractivity contribution in [3.8, 4) is 0 Å². The molecule has 0 aliphatic rings. The topological polar surface area (TPSA) is 125 Å². The molecule has 0 radical (unpaired) electrons. The van der Waals surface area contributed by atoms with Crippen molar-refractivity contribution in [1.29, 1.82) is 0 Å². The third-order valence-electron chi connectivity index (χ3n) is 3.67. The SMILES string of the molecule is CCOP(=O)(OCC)C(NS(=O)(=O)c1ccccc1[N+](=O)[O-])c1ccccc1. The molecule has 1 atom stereocenters. The number of rotatable bonds is 10. The molecule has 0 aromatic heterocycles. The molecule has 0 fully saturated rings. The largest absolute Gasteiger partial charge is 0.352 e. The molecule has 0 spiro atoms. The molecular formula is C17H21N2O7PS. The zero-order chi connectivity index (χ0) is 20.8. The number of hydrogen-bond acceptors (Lipinski definition) is 7. The molecular weight excluding hydrogens is 407 g/mol. The molecule has 0 saturated carbocycles. The number of benzene rings is 2. The van der Waals surface area contributed by atoms with Gasteiger partial charge in [-0.15, -0.1) is 0 Å². The van der Waals surface area contributed by atoms with Gasteiger partial charge in [0.1, 0.15) is 5.78 Å². The Bertz CT molecular complexity index is 956. The lowest BCUT2D eigenvalue weighted by atomic mass is 10.2. The lowest BCUT2D eigenvalue weighted by Gasteiger charge is -2.27. The molecule has 0 amide bonds. The Morgan fingerprint density at radius 2 is 1.57 bits per heavy atom. The fraction of sp³-hybridized carbons (Fsp3) is 0.294. The van der Waals surface area contributed by atoms with E-state index >= 15 is 0 Å². The summed E-state index contributed by atoms with van der Waals surface area (Å²) < 4.78 is 52.2. The fourth-order valence-electron chi connectivity index (χ4n) is 2.54. The van der Waals surface area contributed by atoms with Crippen molar-refractivity contribution in [1.82, 2.24) is 4.72 Å². The quantitative estimate of drug-likeness (QED) is 0.346. The Labute approximate surface area is 163 Å². The fourth-order valence-corrected chi connectivity index (χ4v) is 6.34. The van der Waals surface area contributed by atoms with Gasteiger partial charge in [-0.25, -0.2) is 8.42 Å². The summed E-state index contributed by atoms with van der Waals surface area (Å²) in [6, 6.07) is 13.0. The first-order valence-electron chi connectivity index (χ1n) is 8.44. The van der Waals surface area contributed by atoms with Gasteiger partial charge >= 0.3 is 7.60 Å². The van der Waals surface area contributed by atoms with E-state index in [4.69, 9.17) is 9.05 Å². The molecule has 1 N–H and O–H groups in total. The van der Waals surface area contributed by atoms with Crippen molar-refractivity contribution in [3.05, 3.63) is 70.3 Å². The molecule has 2 aromatic carbocycles. The van der Waals surface area contributed by atoms with Crippen molar-refractivity contribution in [2.45, 2.75) is 24.5 Å². The minimum Gasteiger partial charge on any atom is -0.308 e. The maximum atomic E-state index is 13.3. The van der Waals surface area contributed by atoms with E-state index in [1.165, 1.54) is 12.1 Å². The van der Waals surface area contributed by atoms with Crippen LogP contribution < -0.4 is 4.72 Å². The Hall–Kier alpha value is -2.10. The first-order valence-corrected chi connectivity index (χ1v) is 11.5. The van der Waals surface area contributed by atoms with Crippen molar-refractivity contribution >= 4 is 23.3 Å². The van der Waals surface area contributed by atoms with Crippen LogP contribution in [0.5, 0.6) is 0 Å². The lowest BCUT2D eigenvalue weighted by molar-refractivity contribution is -0.387. The number of sulfonamides is 1. The molecule has 1 unspecified atom stereocenters. The molecule has 0 bridgehead atoms. The maximum Gasteiger partial charge on any atom is 0.352 e.